The number of unbranched alkanes of at least 4 members (excludes halogenated alkanes) is 9. The number of benzene rings is 2. The van der Waals surface area contributed by atoms with Gasteiger partial charge in [0.25, 0.3) is 0 Å². The Hall–Kier alpha value is -3.02. The third-order valence-corrected chi connectivity index (χ3v) is 16.7. The molecule has 1 spiro atoms. The molecule has 2 aliphatic heterocycles. The molecule has 6 N–H and O–H groups in total. The lowest BCUT2D eigenvalue weighted by Crippen LogP contribution is -2.58. The molecule has 6 aliphatic rings. The molecule has 346 valence electrons. The minimum atomic E-state index is -0.448. The second-order valence-corrected chi connectivity index (χ2v) is 20.5. The van der Waals surface area contributed by atoms with E-state index in [-0.39, 0.29) is 57.6 Å². The average Bonchev–Trinajstić information content (AvgIpc) is 3.70. The van der Waals surface area contributed by atoms with Crippen molar-refractivity contribution in [1.29, 1.82) is 0 Å². The highest BCUT2D eigenvalue weighted by Crippen LogP contribution is 2.70. The van der Waals surface area contributed by atoms with Gasteiger partial charge in [-0.05, 0) is 129 Å². The molecule has 0 aromatic heterocycles. The van der Waals surface area contributed by atoms with E-state index < -0.39 is 5.79 Å². The smallest absolute Gasteiger partial charge is 0.196 e. The first kappa shape index (κ1) is 48.4. The summed E-state index contributed by atoms with van der Waals surface area (Å²) in [5, 5.41) is 55.2. The number of Topliss-reactive ketones (excluding diaryl/α,β-unsaturated/α-hetero) is 1. The molecule has 10 nitrogen and oxygen atoms in total. The van der Waals surface area contributed by atoms with Gasteiger partial charge in [0.2, 0.25) is 0 Å². The molecule has 0 unspecified atom stereocenters. The van der Waals surface area contributed by atoms with Gasteiger partial charge >= 0.3 is 0 Å². The molecule has 2 saturated heterocycles. The molecule has 0 radical (unpaired) electrons. The van der Waals surface area contributed by atoms with Gasteiger partial charge in [0.05, 0.1) is 24.4 Å². The predicted octanol–water partition coefficient (Wildman–Crippen LogP) is 9.88. The third-order valence-electron chi connectivity index (χ3n) is 16.7. The Morgan fingerprint density at radius 2 is 1.35 bits per heavy atom. The van der Waals surface area contributed by atoms with E-state index in [0.717, 1.165) is 70.5 Å². The second kappa shape index (κ2) is 21.3. The lowest BCUT2D eigenvalue weighted by Gasteiger charge is -2.60. The summed E-state index contributed by atoms with van der Waals surface area (Å²) in [5.74, 6) is 2.76. The number of phenolic OH excluding ortho intramolecular Hbond substituents is 3. The molecule has 4 aliphatic carbocycles. The van der Waals surface area contributed by atoms with Crippen LogP contribution in [0.4, 0.5) is 0 Å². The number of aliphatic hydroxyl groups is 3. The fourth-order valence-electron chi connectivity index (χ4n) is 13.0. The Kier molecular flexibility index (Phi) is 16.7. The maximum Gasteiger partial charge on any atom is 0.196 e. The van der Waals surface area contributed by atoms with Gasteiger partial charge < -0.3 is 40.1 Å². The van der Waals surface area contributed by atoms with Gasteiger partial charge in [0.1, 0.15) is 23.0 Å². The van der Waals surface area contributed by atoms with Crippen LogP contribution in [0.3, 0.4) is 0 Å². The molecule has 2 aromatic carbocycles. The lowest BCUT2D eigenvalue weighted by atomic mass is 9.44. The van der Waals surface area contributed by atoms with E-state index in [1.54, 1.807) is 0 Å². The van der Waals surface area contributed by atoms with Gasteiger partial charge in [-0.3, -0.25) is 9.59 Å². The van der Waals surface area contributed by atoms with E-state index in [2.05, 4.69) is 27.7 Å². The normalized spacial score (nSPS) is 35.7. The van der Waals surface area contributed by atoms with Crippen molar-refractivity contribution in [3.8, 4) is 17.2 Å². The monoisotopic (exact) mass is 863 g/mol. The molecule has 8 rings (SSSR count). The van der Waals surface area contributed by atoms with Crippen LogP contribution in [0, 0.1) is 52.3 Å². The quantitative estimate of drug-likeness (QED) is 0.0841. The topological polar surface area (TPSA) is 174 Å². The summed E-state index contributed by atoms with van der Waals surface area (Å²) in [6, 6.07) is 9.49. The van der Waals surface area contributed by atoms with Crippen LogP contribution in [-0.4, -0.2) is 80.0 Å². The highest BCUT2D eigenvalue weighted by Gasteiger charge is 2.71. The van der Waals surface area contributed by atoms with Crippen LogP contribution >= 0.6 is 0 Å². The number of fused-ring (bicyclic) bond motifs is 7. The number of carbonyl (C=O) groups excluding carboxylic acids is 2. The Labute approximate surface area is 370 Å². The molecular formula is C52H78O10. The third kappa shape index (κ3) is 10.4. The second-order valence-electron chi connectivity index (χ2n) is 20.5. The molecule has 12 atom stereocenters. The van der Waals surface area contributed by atoms with Gasteiger partial charge in [0.15, 0.2) is 11.6 Å². The first-order chi connectivity index (χ1) is 29.7. The van der Waals surface area contributed by atoms with Crippen molar-refractivity contribution in [2.24, 2.45) is 52.3 Å². The first-order valence-corrected chi connectivity index (χ1v) is 24.3. The summed E-state index contributed by atoms with van der Waals surface area (Å²) >= 11 is 0. The van der Waals surface area contributed by atoms with E-state index in [0.29, 0.717) is 60.1 Å². The van der Waals surface area contributed by atoms with Crippen molar-refractivity contribution >= 4 is 11.6 Å². The Balaban J connectivity index is 0.000000175. The molecule has 0 bridgehead atoms. The summed E-state index contributed by atoms with van der Waals surface area (Å²) < 4.78 is 13.2. The molecule has 0 amide bonds. The largest absolute Gasteiger partial charge is 0.508 e. The van der Waals surface area contributed by atoms with Crippen LogP contribution in [0.5, 0.6) is 17.2 Å². The van der Waals surface area contributed by atoms with E-state index in [9.17, 15) is 19.8 Å². The fourth-order valence-corrected chi connectivity index (χ4v) is 13.0. The zero-order chi connectivity index (χ0) is 44.7. The van der Waals surface area contributed by atoms with Gasteiger partial charge in [-0.2, -0.15) is 0 Å². The van der Waals surface area contributed by atoms with Gasteiger partial charge in [-0.1, -0.05) is 79.1 Å². The number of hydrogen-bond donors (Lipinski definition) is 6. The minimum Gasteiger partial charge on any atom is -0.508 e. The summed E-state index contributed by atoms with van der Waals surface area (Å²) in [5.41, 5.74) is 0.434. The maximum atomic E-state index is 14.0. The maximum absolute atomic E-state index is 14.0. The summed E-state index contributed by atoms with van der Waals surface area (Å²) in [4.78, 5) is 26.0. The Morgan fingerprint density at radius 1 is 0.742 bits per heavy atom. The minimum absolute atomic E-state index is 0.0662. The number of rotatable bonds is 13. The van der Waals surface area contributed by atoms with Crippen LogP contribution in [0.15, 0.2) is 42.5 Å². The number of aliphatic hydroxyl groups excluding tert-OH is 3. The zero-order valence-electron chi connectivity index (χ0n) is 38.1. The van der Waals surface area contributed by atoms with E-state index in [1.165, 1.54) is 101 Å². The number of ether oxygens (including phenoxy) is 2. The predicted molar refractivity (Wildman–Crippen MR) is 240 cm³/mol. The van der Waals surface area contributed by atoms with E-state index in [4.69, 9.17) is 29.9 Å². The van der Waals surface area contributed by atoms with Gasteiger partial charge in [-0.25, -0.2) is 0 Å². The number of carbonyl (C=O) groups is 2. The average molecular weight is 863 g/mol. The van der Waals surface area contributed by atoms with Gasteiger partial charge in [0, 0.05) is 54.9 Å². The summed E-state index contributed by atoms with van der Waals surface area (Å²) in [6.07, 6.45) is 21.6. The highest BCUT2D eigenvalue weighted by molar-refractivity contribution is 6.10. The number of ketones is 2. The van der Waals surface area contributed by atoms with Crippen molar-refractivity contribution in [1.82, 2.24) is 0 Å². The standard InChI is InChI=1S/C27H42O4.C13H10O4.C12H26O2/c1-15-7-10-27(30-14-15)16(2)24-22(31-27)12-21-19-6-5-17-11-18(28)8-9-25(17,3)20(19)13-23(29)26(21,24)4;14-9-3-1-8(2-4-9)13(17)11-6-5-10(15)7-12(11)16;13-11-9-7-5-3-1-2-4-6-8-10-12-14/h15-22,24,28H,5-14H2,1-4H3;1-7,14-16H;13-14H,1-12H2/t15-,16+,17+,18+,19-,20+,21+,22+,24+,25+,26-,27-;;/m1../s1. The summed E-state index contributed by atoms with van der Waals surface area (Å²) in [7, 11) is 0. The SMILES string of the molecule is C[C@@H]1CC[C@@]2(OC1)O[C@H]1C[C@H]3[C@@H]4CC[C@H]5C[C@@H](O)CC[C@]5(C)[C@H]4CC(=O)[C@]3(C)[C@H]1[C@@H]2C.O=C(c1ccc(O)cc1)c1ccc(O)cc1O.OCCCCCCCCCCCCO. The van der Waals surface area contributed by atoms with Crippen molar-refractivity contribution in [3.63, 3.8) is 0 Å². The molecule has 10 heteroatoms. The van der Waals surface area contributed by atoms with Crippen LogP contribution < -0.4 is 0 Å². The van der Waals surface area contributed by atoms with Crippen LogP contribution in [0.2, 0.25) is 0 Å². The number of phenols is 3. The van der Waals surface area contributed by atoms with Crippen LogP contribution in [0.25, 0.3) is 0 Å². The van der Waals surface area contributed by atoms with Crippen molar-refractivity contribution in [2.45, 2.75) is 168 Å². The number of aromatic hydroxyl groups is 3. The lowest BCUT2D eigenvalue weighted by molar-refractivity contribution is -0.272. The molecule has 6 fully saturated rings. The molecule has 2 heterocycles. The van der Waals surface area contributed by atoms with E-state index in [1.807, 2.05) is 0 Å². The Morgan fingerprint density at radius 3 is 1.94 bits per heavy atom. The first-order valence-electron chi connectivity index (χ1n) is 24.3. The zero-order valence-corrected chi connectivity index (χ0v) is 38.1. The molecule has 2 aromatic rings. The van der Waals surface area contributed by atoms with Crippen LogP contribution in [-0.2, 0) is 14.3 Å². The highest BCUT2D eigenvalue weighted by atomic mass is 16.7. The van der Waals surface area contributed by atoms with Crippen molar-refractivity contribution < 1.29 is 49.7 Å². The molecule has 4 saturated carbocycles. The van der Waals surface area contributed by atoms with E-state index >= 15 is 0 Å². The van der Waals surface area contributed by atoms with Crippen molar-refractivity contribution in [2.75, 3.05) is 19.8 Å². The fraction of sp³-hybridized carbons (Fsp3) is 0.731. The number of hydrogen-bond acceptors (Lipinski definition) is 10. The molecular weight excluding hydrogens is 785 g/mol. The van der Waals surface area contributed by atoms with Crippen molar-refractivity contribution in [3.05, 3.63) is 53.6 Å². The molecule has 62 heavy (non-hydrogen) atoms. The summed E-state index contributed by atoms with van der Waals surface area (Å²) in [6.45, 7) is 10.8. The van der Waals surface area contributed by atoms with Gasteiger partial charge in [-0.15, -0.1) is 0 Å². The Bertz CT molecular complexity index is 1740. The van der Waals surface area contributed by atoms with Crippen LogP contribution in [0.1, 0.15) is 166 Å².